The Morgan fingerprint density at radius 2 is 2.08 bits per heavy atom. The quantitative estimate of drug-likeness (QED) is 0.317. The summed E-state index contributed by atoms with van der Waals surface area (Å²) in [4.78, 5) is 13.5. The second kappa shape index (κ2) is 7.44. The third-order valence-electron chi connectivity index (χ3n) is 3.94. The zero-order valence-corrected chi connectivity index (χ0v) is 14.9. The number of phenolic OH excluding ortho intramolecular Hbond substituents is 1. The minimum absolute atomic E-state index is 0.0222. The lowest BCUT2D eigenvalue weighted by atomic mass is 10.2. The first kappa shape index (κ1) is 17.7. The highest BCUT2D eigenvalue weighted by atomic mass is 16.3. The van der Waals surface area contributed by atoms with Crippen LogP contribution in [-0.2, 0) is 13.1 Å². The summed E-state index contributed by atoms with van der Waals surface area (Å²) in [6.07, 6.45) is 1.73. The molecule has 9 nitrogen and oxygen atoms in total. The number of aromatic hydroxyl groups is 1. The van der Waals surface area contributed by atoms with Crippen molar-refractivity contribution in [1.82, 2.24) is 19.5 Å². The summed E-state index contributed by atoms with van der Waals surface area (Å²) in [7, 11) is 0. The Labute approximate surface area is 151 Å². The van der Waals surface area contributed by atoms with E-state index in [1.807, 2.05) is 18.4 Å². The molecular formula is C17H24N8O. The molecule has 2 heterocycles. The van der Waals surface area contributed by atoms with Gasteiger partial charge in [-0.2, -0.15) is 9.97 Å². The van der Waals surface area contributed by atoms with Crippen LogP contribution in [0, 0.1) is 0 Å². The van der Waals surface area contributed by atoms with Crippen molar-refractivity contribution in [2.24, 2.45) is 5.73 Å². The molecule has 7 N–H and O–H groups in total. The van der Waals surface area contributed by atoms with E-state index >= 15 is 0 Å². The normalized spacial score (nSPS) is 12.3. The van der Waals surface area contributed by atoms with Crippen molar-refractivity contribution in [2.45, 2.75) is 33.0 Å². The molecule has 1 unspecified atom stereocenters. The fourth-order valence-electron chi connectivity index (χ4n) is 2.56. The molecule has 3 rings (SSSR count). The van der Waals surface area contributed by atoms with E-state index < -0.39 is 0 Å². The lowest BCUT2D eigenvalue weighted by molar-refractivity contribution is 0.469. The van der Waals surface area contributed by atoms with Crippen LogP contribution in [0.5, 0.6) is 5.75 Å². The van der Waals surface area contributed by atoms with Crippen LogP contribution in [0.1, 0.15) is 19.4 Å². The van der Waals surface area contributed by atoms with Crippen molar-refractivity contribution >= 4 is 28.6 Å². The predicted molar refractivity (Wildman–Crippen MR) is 103 cm³/mol. The maximum Gasteiger partial charge on any atom is 0.226 e. The van der Waals surface area contributed by atoms with E-state index in [2.05, 4.69) is 25.6 Å². The molecule has 0 aliphatic rings. The molecule has 2 aromatic heterocycles. The molecule has 138 valence electrons. The van der Waals surface area contributed by atoms with E-state index in [0.29, 0.717) is 41.6 Å². The average molecular weight is 356 g/mol. The van der Waals surface area contributed by atoms with Crippen LogP contribution in [0.25, 0.3) is 11.2 Å². The molecule has 1 atom stereocenters. The molecule has 0 fully saturated rings. The Bertz CT molecular complexity index is 905. The molecule has 0 saturated carbocycles. The van der Waals surface area contributed by atoms with Crippen molar-refractivity contribution in [3.05, 3.63) is 30.1 Å². The van der Waals surface area contributed by atoms with Gasteiger partial charge in [0.05, 0.1) is 6.33 Å². The van der Waals surface area contributed by atoms with Crippen molar-refractivity contribution < 1.29 is 5.11 Å². The first-order valence-electron chi connectivity index (χ1n) is 8.51. The number of nitrogens with one attached hydrogen (secondary N) is 2. The minimum atomic E-state index is -0.0222. The first-order valence-corrected chi connectivity index (χ1v) is 8.51. The number of fused-ring (bicyclic) bond motifs is 1. The van der Waals surface area contributed by atoms with Gasteiger partial charge in [0.1, 0.15) is 5.75 Å². The number of rotatable bonds is 7. The first-order chi connectivity index (χ1) is 12.5. The number of hydrogen-bond acceptors (Lipinski definition) is 8. The highest BCUT2D eigenvalue weighted by Crippen LogP contribution is 2.24. The van der Waals surface area contributed by atoms with Crippen LogP contribution >= 0.6 is 0 Å². The van der Waals surface area contributed by atoms with E-state index in [0.717, 1.165) is 12.2 Å². The number of phenols is 1. The fourth-order valence-corrected chi connectivity index (χ4v) is 2.56. The van der Waals surface area contributed by atoms with Crippen LogP contribution in [-0.4, -0.2) is 37.2 Å². The monoisotopic (exact) mass is 356 g/mol. The van der Waals surface area contributed by atoms with Gasteiger partial charge in [0.2, 0.25) is 5.95 Å². The maximum atomic E-state index is 9.99. The molecule has 0 radical (unpaired) electrons. The molecule has 0 aliphatic heterocycles. The second-order valence-electron chi connectivity index (χ2n) is 6.20. The summed E-state index contributed by atoms with van der Waals surface area (Å²) in [5.74, 6) is 1.23. The maximum absolute atomic E-state index is 9.99. The van der Waals surface area contributed by atoms with Gasteiger partial charge in [-0.1, -0.05) is 0 Å². The lowest BCUT2D eigenvalue weighted by Crippen LogP contribution is -2.26. The molecule has 3 aromatic rings. The number of nitrogens with zero attached hydrogens (tertiary/aromatic N) is 4. The number of aromatic nitrogens is 4. The van der Waals surface area contributed by atoms with Gasteiger partial charge in [0.15, 0.2) is 17.0 Å². The van der Waals surface area contributed by atoms with Crippen LogP contribution < -0.4 is 22.1 Å². The Kier molecular flexibility index (Phi) is 5.08. The number of nitrogen functional groups attached to an aromatic ring is 1. The molecule has 9 heteroatoms. The predicted octanol–water partition coefficient (Wildman–Crippen LogP) is 1.51. The highest BCUT2D eigenvalue weighted by molar-refractivity contribution is 5.84. The van der Waals surface area contributed by atoms with Crippen LogP contribution in [0.15, 0.2) is 24.5 Å². The van der Waals surface area contributed by atoms with Crippen molar-refractivity contribution in [2.75, 3.05) is 22.9 Å². The molecule has 0 saturated heterocycles. The van der Waals surface area contributed by atoms with Crippen LogP contribution in [0.4, 0.5) is 17.5 Å². The molecule has 26 heavy (non-hydrogen) atoms. The van der Waals surface area contributed by atoms with E-state index in [4.69, 9.17) is 11.5 Å². The summed E-state index contributed by atoms with van der Waals surface area (Å²) >= 11 is 0. The van der Waals surface area contributed by atoms with E-state index in [1.165, 1.54) is 0 Å². The van der Waals surface area contributed by atoms with Gasteiger partial charge in [-0.05, 0) is 32.0 Å². The molecular weight excluding hydrogens is 332 g/mol. The third kappa shape index (κ3) is 3.77. The largest absolute Gasteiger partial charge is 0.508 e. The number of hydrogen-bond donors (Lipinski definition) is 5. The van der Waals surface area contributed by atoms with Gasteiger partial charge < -0.3 is 31.8 Å². The highest BCUT2D eigenvalue weighted by Gasteiger charge is 2.13. The molecule has 1 aromatic carbocycles. The van der Waals surface area contributed by atoms with E-state index in [1.54, 1.807) is 24.5 Å². The van der Waals surface area contributed by atoms with Gasteiger partial charge in [-0.3, -0.25) is 0 Å². The van der Waals surface area contributed by atoms with Crippen LogP contribution in [0.2, 0.25) is 0 Å². The van der Waals surface area contributed by atoms with E-state index in [9.17, 15) is 5.11 Å². The Morgan fingerprint density at radius 3 is 2.81 bits per heavy atom. The topological polar surface area (TPSA) is 140 Å². The SMILES string of the molecule is CCn1cnc2c(NCc3cc(N)ccc3O)nc(NCC(C)N)nc21. The Balaban J connectivity index is 1.92. The Hall–Kier alpha value is -3.07. The standard InChI is InChI=1S/C17H24N8O/c1-3-25-9-22-14-15(20-8-11-6-12(19)4-5-13(11)26)23-17(24-16(14)25)21-7-10(2)18/h4-6,9-10,26H,3,7-8,18-19H2,1-2H3,(H2,20,21,23,24). The second-order valence-corrected chi connectivity index (χ2v) is 6.20. The van der Waals surface area contributed by atoms with Gasteiger partial charge >= 0.3 is 0 Å². The molecule has 0 spiro atoms. The van der Waals surface area contributed by atoms with Crippen molar-refractivity contribution in [1.29, 1.82) is 0 Å². The number of aryl methyl sites for hydroxylation is 1. The zero-order valence-electron chi connectivity index (χ0n) is 14.9. The van der Waals surface area contributed by atoms with Gasteiger partial charge in [-0.25, -0.2) is 4.98 Å². The van der Waals surface area contributed by atoms with Crippen molar-refractivity contribution in [3.8, 4) is 5.75 Å². The van der Waals surface area contributed by atoms with E-state index in [-0.39, 0.29) is 11.8 Å². The van der Waals surface area contributed by atoms with Crippen LogP contribution in [0.3, 0.4) is 0 Å². The Morgan fingerprint density at radius 1 is 1.27 bits per heavy atom. The number of anilines is 3. The fraction of sp³-hybridized carbons (Fsp3) is 0.353. The van der Waals surface area contributed by atoms with Crippen molar-refractivity contribution in [3.63, 3.8) is 0 Å². The number of benzene rings is 1. The molecule has 0 amide bonds. The summed E-state index contributed by atoms with van der Waals surface area (Å²) < 4.78 is 1.94. The summed E-state index contributed by atoms with van der Waals surface area (Å²) in [6, 6.07) is 4.93. The lowest BCUT2D eigenvalue weighted by Gasteiger charge is -2.12. The minimum Gasteiger partial charge on any atom is -0.508 e. The van der Waals surface area contributed by atoms with Gasteiger partial charge in [0, 0.05) is 36.9 Å². The zero-order chi connectivity index (χ0) is 18.7. The summed E-state index contributed by atoms with van der Waals surface area (Å²) in [5.41, 5.74) is 14.3. The van der Waals surface area contributed by atoms with Gasteiger partial charge in [-0.15, -0.1) is 0 Å². The number of imidazole rings is 1. The van der Waals surface area contributed by atoms with Gasteiger partial charge in [0.25, 0.3) is 0 Å². The smallest absolute Gasteiger partial charge is 0.226 e. The molecule has 0 aliphatic carbocycles. The summed E-state index contributed by atoms with van der Waals surface area (Å²) in [5, 5.41) is 16.4. The molecule has 0 bridgehead atoms. The number of nitrogens with two attached hydrogens (primary N) is 2. The summed E-state index contributed by atoms with van der Waals surface area (Å²) in [6.45, 7) is 5.59. The average Bonchev–Trinajstić information content (AvgIpc) is 3.03. The third-order valence-corrected chi connectivity index (χ3v) is 3.94.